The van der Waals surface area contributed by atoms with Crippen LogP contribution in [0.5, 0.6) is 0 Å². The molecule has 1 heterocycles. The molecule has 3 aromatic rings. The maximum Gasteiger partial charge on any atom is 0.220 e. The number of carbonyl (C=O) groups is 1. The molecule has 26 heavy (non-hydrogen) atoms. The van der Waals surface area contributed by atoms with Gasteiger partial charge in [0.1, 0.15) is 5.15 Å². The number of halogens is 1. The minimum atomic E-state index is -0.0570. The molecule has 0 aliphatic carbocycles. The molecule has 1 aromatic heterocycles. The van der Waals surface area contributed by atoms with Crippen LogP contribution in [-0.2, 0) is 11.2 Å². The minimum absolute atomic E-state index is 0.0555. The van der Waals surface area contributed by atoms with Gasteiger partial charge in [-0.3, -0.25) is 4.79 Å². The maximum absolute atomic E-state index is 12.3. The molecule has 3 nitrogen and oxygen atoms in total. The topological polar surface area (TPSA) is 42.0 Å². The highest BCUT2D eigenvalue weighted by Crippen LogP contribution is 2.23. The van der Waals surface area contributed by atoms with Gasteiger partial charge < -0.3 is 5.32 Å². The number of nitrogens with one attached hydrogen (secondary N) is 1. The van der Waals surface area contributed by atoms with Gasteiger partial charge in [-0.15, -0.1) is 0 Å². The standard InChI is InChI=1S/C22H21ClN2O/c1-16(25-22(26)13-10-17-6-3-2-4-7-17)18-8-5-9-19(14-18)20-11-12-21(23)24-15-20/h2-9,11-12,14-16H,10,13H2,1H3,(H,25,26)/t16-/m0/s1. The second kappa shape index (κ2) is 8.63. The smallest absolute Gasteiger partial charge is 0.220 e. The fourth-order valence-electron chi connectivity index (χ4n) is 2.83. The molecule has 0 radical (unpaired) electrons. The van der Waals surface area contributed by atoms with E-state index in [0.29, 0.717) is 11.6 Å². The third kappa shape index (κ3) is 4.93. The van der Waals surface area contributed by atoms with Crippen molar-refractivity contribution >= 4 is 17.5 Å². The van der Waals surface area contributed by atoms with E-state index in [2.05, 4.69) is 16.4 Å². The molecule has 3 rings (SSSR count). The van der Waals surface area contributed by atoms with E-state index in [-0.39, 0.29) is 11.9 Å². The Morgan fingerprint density at radius 2 is 1.85 bits per heavy atom. The molecule has 0 saturated heterocycles. The lowest BCUT2D eigenvalue weighted by molar-refractivity contribution is -0.121. The SMILES string of the molecule is C[C@H](NC(=O)CCc1ccccc1)c1cccc(-c2ccc(Cl)nc2)c1. The fraction of sp³-hybridized carbons (Fsp3) is 0.182. The van der Waals surface area contributed by atoms with E-state index in [9.17, 15) is 4.79 Å². The molecule has 4 heteroatoms. The van der Waals surface area contributed by atoms with Gasteiger partial charge in [0, 0.05) is 18.2 Å². The maximum atomic E-state index is 12.3. The molecule has 0 aliphatic heterocycles. The van der Waals surface area contributed by atoms with Crippen LogP contribution in [0.3, 0.4) is 0 Å². The molecule has 0 bridgehead atoms. The molecule has 0 aliphatic rings. The van der Waals surface area contributed by atoms with Gasteiger partial charge in [-0.25, -0.2) is 4.98 Å². The lowest BCUT2D eigenvalue weighted by Crippen LogP contribution is -2.26. The number of amides is 1. The quantitative estimate of drug-likeness (QED) is 0.610. The zero-order chi connectivity index (χ0) is 18.4. The monoisotopic (exact) mass is 364 g/mol. The van der Waals surface area contributed by atoms with Crippen LogP contribution in [0.2, 0.25) is 5.15 Å². The fourth-order valence-corrected chi connectivity index (χ4v) is 2.95. The van der Waals surface area contributed by atoms with Crippen molar-refractivity contribution in [2.75, 3.05) is 0 Å². The van der Waals surface area contributed by atoms with Crippen molar-refractivity contribution in [1.82, 2.24) is 10.3 Å². The second-order valence-corrected chi connectivity index (χ2v) is 6.66. The van der Waals surface area contributed by atoms with Crippen LogP contribution in [0, 0.1) is 0 Å². The van der Waals surface area contributed by atoms with E-state index in [1.165, 1.54) is 5.56 Å². The molecule has 0 spiro atoms. The first-order valence-corrected chi connectivity index (χ1v) is 9.05. The van der Waals surface area contributed by atoms with Gasteiger partial charge in [-0.05, 0) is 48.2 Å². The first-order valence-electron chi connectivity index (χ1n) is 8.67. The Kier molecular flexibility index (Phi) is 6.03. The minimum Gasteiger partial charge on any atom is -0.350 e. The Morgan fingerprint density at radius 3 is 2.58 bits per heavy atom. The van der Waals surface area contributed by atoms with Gasteiger partial charge in [0.25, 0.3) is 0 Å². The van der Waals surface area contributed by atoms with Crippen molar-refractivity contribution < 1.29 is 4.79 Å². The molecule has 0 saturated carbocycles. The Morgan fingerprint density at radius 1 is 1.04 bits per heavy atom. The van der Waals surface area contributed by atoms with Crippen molar-refractivity contribution in [3.05, 3.63) is 89.2 Å². The van der Waals surface area contributed by atoms with E-state index in [4.69, 9.17) is 11.6 Å². The molecule has 1 N–H and O–H groups in total. The summed E-state index contributed by atoms with van der Waals surface area (Å²) in [6.07, 6.45) is 2.98. The van der Waals surface area contributed by atoms with Gasteiger partial charge in [0.15, 0.2) is 0 Å². The van der Waals surface area contributed by atoms with Crippen LogP contribution >= 0.6 is 11.6 Å². The first kappa shape index (κ1) is 18.2. The van der Waals surface area contributed by atoms with E-state index in [1.807, 2.05) is 61.5 Å². The summed E-state index contributed by atoms with van der Waals surface area (Å²) in [5.74, 6) is 0.0555. The predicted octanol–water partition coefficient (Wildman–Crippen LogP) is 5.21. The molecular formula is C22H21ClN2O. The third-order valence-corrected chi connectivity index (χ3v) is 4.53. The largest absolute Gasteiger partial charge is 0.350 e. The summed E-state index contributed by atoms with van der Waals surface area (Å²) in [7, 11) is 0. The summed E-state index contributed by atoms with van der Waals surface area (Å²) in [6, 6.07) is 21.8. The number of nitrogens with zero attached hydrogens (tertiary/aromatic N) is 1. The second-order valence-electron chi connectivity index (χ2n) is 6.27. The number of aryl methyl sites for hydroxylation is 1. The average molecular weight is 365 g/mol. The van der Waals surface area contributed by atoms with E-state index in [1.54, 1.807) is 12.3 Å². The van der Waals surface area contributed by atoms with Crippen molar-refractivity contribution in [3.63, 3.8) is 0 Å². The van der Waals surface area contributed by atoms with Gasteiger partial charge in [-0.2, -0.15) is 0 Å². The number of aromatic nitrogens is 1. The van der Waals surface area contributed by atoms with E-state index >= 15 is 0 Å². The van der Waals surface area contributed by atoms with Crippen LogP contribution in [0.15, 0.2) is 72.9 Å². The van der Waals surface area contributed by atoms with Gasteiger partial charge >= 0.3 is 0 Å². The molecule has 1 amide bonds. The Hall–Kier alpha value is -2.65. The van der Waals surface area contributed by atoms with Crippen LogP contribution in [0.25, 0.3) is 11.1 Å². The summed E-state index contributed by atoms with van der Waals surface area (Å²) in [5, 5.41) is 3.55. The number of carbonyl (C=O) groups excluding carboxylic acids is 1. The number of hydrogen-bond acceptors (Lipinski definition) is 2. The molecule has 0 unspecified atom stereocenters. The summed E-state index contributed by atoms with van der Waals surface area (Å²) in [5.41, 5.74) is 4.29. The molecule has 0 fully saturated rings. The lowest BCUT2D eigenvalue weighted by atomic mass is 10.0. The first-order chi connectivity index (χ1) is 12.6. The van der Waals surface area contributed by atoms with Crippen molar-refractivity contribution in [3.8, 4) is 11.1 Å². The molecule has 1 atom stereocenters. The molecular weight excluding hydrogens is 344 g/mol. The Bertz CT molecular complexity index is 863. The van der Waals surface area contributed by atoms with Crippen molar-refractivity contribution in [1.29, 1.82) is 0 Å². The molecule has 132 valence electrons. The summed E-state index contributed by atoms with van der Waals surface area (Å²) in [4.78, 5) is 16.4. The number of rotatable bonds is 6. The highest BCUT2D eigenvalue weighted by molar-refractivity contribution is 6.29. The van der Waals surface area contributed by atoms with Crippen LogP contribution in [-0.4, -0.2) is 10.9 Å². The highest BCUT2D eigenvalue weighted by Gasteiger charge is 2.11. The lowest BCUT2D eigenvalue weighted by Gasteiger charge is -2.15. The van der Waals surface area contributed by atoms with Crippen LogP contribution in [0.4, 0.5) is 0 Å². The Balaban J connectivity index is 1.62. The summed E-state index contributed by atoms with van der Waals surface area (Å²) < 4.78 is 0. The number of pyridine rings is 1. The zero-order valence-corrected chi connectivity index (χ0v) is 15.4. The highest BCUT2D eigenvalue weighted by atomic mass is 35.5. The van der Waals surface area contributed by atoms with E-state index in [0.717, 1.165) is 23.1 Å². The van der Waals surface area contributed by atoms with Crippen LogP contribution < -0.4 is 5.32 Å². The summed E-state index contributed by atoms with van der Waals surface area (Å²) >= 11 is 5.85. The molecule has 2 aromatic carbocycles. The Labute approximate surface area is 159 Å². The summed E-state index contributed by atoms with van der Waals surface area (Å²) in [6.45, 7) is 2.00. The zero-order valence-electron chi connectivity index (χ0n) is 14.7. The predicted molar refractivity (Wildman–Crippen MR) is 106 cm³/mol. The third-order valence-electron chi connectivity index (χ3n) is 4.31. The van der Waals surface area contributed by atoms with Crippen molar-refractivity contribution in [2.24, 2.45) is 0 Å². The number of benzene rings is 2. The van der Waals surface area contributed by atoms with Crippen molar-refractivity contribution in [2.45, 2.75) is 25.8 Å². The van der Waals surface area contributed by atoms with Gasteiger partial charge in [0.05, 0.1) is 6.04 Å². The van der Waals surface area contributed by atoms with Gasteiger partial charge in [-0.1, -0.05) is 60.1 Å². The van der Waals surface area contributed by atoms with Crippen LogP contribution in [0.1, 0.15) is 30.5 Å². The number of hydrogen-bond donors (Lipinski definition) is 1. The normalized spacial score (nSPS) is 11.8. The van der Waals surface area contributed by atoms with E-state index < -0.39 is 0 Å². The van der Waals surface area contributed by atoms with Gasteiger partial charge in [0.2, 0.25) is 5.91 Å². The average Bonchev–Trinajstić information content (AvgIpc) is 2.68.